The van der Waals surface area contributed by atoms with Gasteiger partial charge < -0.3 is 15.1 Å². The van der Waals surface area contributed by atoms with E-state index in [-0.39, 0.29) is 30.0 Å². The van der Waals surface area contributed by atoms with E-state index in [1.807, 2.05) is 0 Å². The van der Waals surface area contributed by atoms with E-state index in [1.54, 1.807) is 6.07 Å². The maximum absolute atomic E-state index is 12.2. The van der Waals surface area contributed by atoms with Crippen LogP contribution in [0.15, 0.2) is 22.6 Å². The number of likely N-dealkylation sites (tertiary alicyclic amines) is 1. The van der Waals surface area contributed by atoms with Gasteiger partial charge >= 0.3 is 0 Å². The van der Waals surface area contributed by atoms with Gasteiger partial charge in [0.15, 0.2) is 5.58 Å². The van der Waals surface area contributed by atoms with Gasteiger partial charge in [0.1, 0.15) is 5.52 Å². The van der Waals surface area contributed by atoms with Crippen LogP contribution < -0.4 is 10.6 Å². The molecule has 1 aromatic heterocycles. The highest BCUT2D eigenvalue weighted by Crippen LogP contribution is 2.23. The topological polar surface area (TPSA) is 114 Å². The third-order valence-corrected chi connectivity index (χ3v) is 5.53. The first-order chi connectivity index (χ1) is 13.6. The van der Waals surface area contributed by atoms with Crippen molar-refractivity contribution in [2.24, 2.45) is 5.92 Å². The summed E-state index contributed by atoms with van der Waals surface area (Å²) in [4.78, 5) is 29.3. The molecule has 2 fully saturated rings. The van der Waals surface area contributed by atoms with Crippen LogP contribution in [0.4, 0.5) is 5.69 Å². The number of fused-ring (bicyclic) bond motifs is 1. The maximum Gasteiger partial charge on any atom is 0.271 e. The van der Waals surface area contributed by atoms with Crippen LogP contribution in [0.1, 0.15) is 31.6 Å². The number of carbonyl (C=O) groups is 1. The molecule has 0 bridgehead atoms. The van der Waals surface area contributed by atoms with Crippen molar-refractivity contribution in [2.45, 2.75) is 38.3 Å². The van der Waals surface area contributed by atoms with E-state index in [0.717, 1.165) is 45.3 Å². The molecule has 29 heavy (non-hydrogen) atoms. The smallest absolute Gasteiger partial charge is 0.271 e. The summed E-state index contributed by atoms with van der Waals surface area (Å²) in [6.07, 6.45) is 4.13. The normalized spacial score (nSPS) is 22.3. The average molecular weight is 424 g/mol. The Balaban J connectivity index is 0.00000240. The Labute approximate surface area is 174 Å². The molecule has 1 amide bonds. The molecule has 2 atom stereocenters. The van der Waals surface area contributed by atoms with Crippen molar-refractivity contribution < 1.29 is 14.1 Å². The van der Waals surface area contributed by atoms with Crippen LogP contribution in [0.3, 0.4) is 0 Å². The highest BCUT2D eigenvalue weighted by atomic mass is 35.5. The van der Waals surface area contributed by atoms with Gasteiger partial charge in [-0.3, -0.25) is 19.8 Å². The number of benzene rings is 1. The third kappa shape index (κ3) is 5.23. The van der Waals surface area contributed by atoms with Crippen molar-refractivity contribution in [1.82, 2.24) is 20.5 Å². The van der Waals surface area contributed by atoms with Gasteiger partial charge in [0.05, 0.1) is 17.5 Å². The molecular formula is C19H26ClN5O4. The fourth-order valence-corrected chi connectivity index (χ4v) is 4.07. The van der Waals surface area contributed by atoms with Crippen LogP contribution in [-0.2, 0) is 11.3 Å². The fraction of sp³-hybridized carbons (Fsp3) is 0.579. The molecule has 0 aliphatic carbocycles. The number of hydrogen-bond donors (Lipinski definition) is 2. The minimum atomic E-state index is -0.432. The lowest BCUT2D eigenvalue weighted by atomic mass is 9.98. The molecule has 0 saturated carbocycles. The van der Waals surface area contributed by atoms with Gasteiger partial charge in [0.25, 0.3) is 5.69 Å². The molecule has 2 aliphatic heterocycles. The number of nitrogens with one attached hydrogen (secondary N) is 2. The third-order valence-electron chi connectivity index (χ3n) is 5.53. The second-order valence-corrected chi connectivity index (χ2v) is 7.65. The number of carbonyl (C=O) groups excluding carboxylic acids is 1. The Morgan fingerprint density at radius 3 is 3.00 bits per heavy atom. The maximum atomic E-state index is 12.2. The summed E-state index contributed by atoms with van der Waals surface area (Å²) in [6, 6.07) is 4.42. The lowest BCUT2D eigenvalue weighted by molar-refractivity contribution is -0.384. The summed E-state index contributed by atoms with van der Waals surface area (Å²) >= 11 is 0. The number of hydrogen-bond acceptors (Lipinski definition) is 7. The van der Waals surface area contributed by atoms with Crippen molar-refractivity contribution in [3.05, 3.63) is 34.2 Å². The summed E-state index contributed by atoms with van der Waals surface area (Å²) in [5.41, 5.74) is 1.08. The minimum Gasteiger partial charge on any atom is -0.439 e. The van der Waals surface area contributed by atoms with E-state index >= 15 is 0 Å². The predicted octanol–water partition coefficient (Wildman–Crippen LogP) is 2.24. The molecule has 2 aliphatic rings. The monoisotopic (exact) mass is 423 g/mol. The molecule has 4 rings (SSSR count). The highest BCUT2D eigenvalue weighted by Gasteiger charge is 2.25. The van der Waals surface area contributed by atoms with Crippen molar-refractivity contribution in [2.75, 3.05) is 26.2 Å². The van der Waals surface area contributed by atoms with Crippen molar-refractivity contribution in [1.29, 1.82) is 0 Å². The number of nitro groups is 1. The van der Waals surface area contributed by atoms with Gasteiger partial charge in [-0.15, -0.1) is 12.4 Å². The zero-order valence-corrected chi connectivity index (χ0v) is 17.0. The quantitative estimate of drug-likeness (QED) is 0.541. The van der Waals surface area contributed by atoms with E-state index in [1.165, 1.54) is 12.1 Å². The van der Waals surface area contributed by atoms with Crippen molar-refractivity contribution >= 4 is 35.1 Å². The summed E-state index contributed by atoms with van der Waals surface area (Å²) < 4.78 is 5.75. The first kappa shape index (κ1) is 21.5. The van der Waals surface area contributed by atoms with Crippen LogP contribution in [0.5, 0.6) is 0 Å². The van der Waals surface area contributed by atoms with E-state index in [4.69, 9.17) is 4.42 Å². The number of nitrogens with zero attached hydrogens (tertiary/aromatic N) is 3. The zero-order valence-electron chi connectivity index (χ0n) is 16.1. The molecule has 2 N–H and O–H groups in total. The van der Waals surface area contributed by atoms with Crippen LogP contribution in [0, 0.1) is 16.0 Å². The molecule has 9 nitrogen and oxygen atoms in total. The fourth-order valence-electron chi connectivity index (χ4n) is 4.07. The SMILES string of the molecule is Cl.O=C(NCC1CCCN(Cc2nc3cc([N+](=O)[O-])ccc3o2)C1)C1CCCN1. The zero-order chi connectivity index (χ0) is 19.5. The van der Waals surface area contributed by atoms with Gasteiger partial charge in [-0.25, -0.2) is 4.98 Å². The lowest BCUT2D eigenvalue weighted by Crippen LogP contribution is -2.45. The molecular weight excluding hydrogens is 398 g/mol. The van der Waals surface area contributed by atoms with E-state index in [0.29, 0.717) is 36.0 Å². The Hall–Kier alpha value is -2.23. The first-order valence-electron chi connectivity index (χ1n) is 9.86. The molecule has 3 heterocycles. The molecule has 2 aromatic rings. The molecule has 1 aromatic carbocycles. The molecule has 0 spiro atoms. The van der Waals surface area contributed by atoms with E-state index in [9.17, 15) is 14.9 Å². The van der Waals surface area contributed by atoms with E-state index < -0.39 is 4.92 Å². The molecule has 2 unspecified atom stereocenters. The van der Waals surface area contributed by atoms with Gasteiger partial charge in [0, 0.05) is 25.2 Å². The average Bonchev–Trinajstić information content (AvgIpc) is 3.35. The Kier molecular flexibility index (Phi) is 7.05. The second-order valence-electron chi connectivity index (χ2n) is 7.65. The summed E-state index contributed by atoms with van der Waals surface area (Å²) in [5.74, 6) is 1.08. The summed E-state index contributed by atoms with van der Waals surface area (Å²) in [7, 11) is 0. The summed E-state index contributed by atoms with van der Waals surface area (Å²) in [5, 5.41) is 17.2. The predicted molar refractivity (Wildman–Crippen MR) is 110 cm³/mol. The van der Waals surface area contributed by atoms with E-state index in [2.05, 4.69) is 20.5 Å². The largest absolute Gasteiger partial charge is 0.439 e. The highest BCUT2D eigenvalue weighted by molar-refractivity contribution is 5.85. The van der Waals surface area contributed by atoms with Crippen LogP contribution >= 0.6 is 12.4 Å². The molecule has 10 heteroatoms. The second kappa shape index (κ2) is 9.51. The number of aromatic nitrogens is 1. The van der Waals surface area contributed by atoms with Gasteiger partial charge in [0.2, 0.25) is 11.8 Å². The van der Waals surface area contributed by atoms with Gasteiger partial charge in [-0.05, 0) is 50.8 Å². The number of nitro benzene ring substituents is 1. The Bertz CT molecular complexity index is 867. The molecule has 158 valence electrons. The Morgan fingerprint density at radius 1 is 1.38 bits per heavy atom. The standard InChI is InChI=1S/C19H25N5O4.ClH/c25-19(15-4-1-7-20-15)21-10-13-3-2-8-23(11-13)12-18-22-16-9-14(24(26)27)5-6-17(16)28-18;/h5-6,9,13,15,20H,1-4,7-8,10-12H2,(H,21,25);1H. The van der Waals surface area contributed by atoms with Gasteiger partial charge in [-0.1, -0.05) is 0 Å². The molecule has 2 saturated heterocycles. The lowest BCUT2D eigenvalue weighted by Gasteiger charge is -2.32. The van der Waals surface area contributed by atoms with Gasteiger partial charge in [-0.2, -0.15) is 0 Å². The number of halogens is 1. The van der Waals surface area contributed by atoms with Crippen LogP contribution in [0.2, 0.25) is 0 Å². The van der Waals surface area contributed by atoms with Crippen LogP contribution in [0.25, 0.3) is 11.1 Å². The number of oxazole rings is 1. The number of amides is 1. The Morgan fingerprint density at radius 2 is 2.24 bits per heavy atom. The number of piperidine rings is 1. The number of rotatable bonds is 6. The minimum absolute atomic E-state index is 0. The van der Waals surface area contributed by atoms with Crippen molar-refractivity contribution in [3.8, 4) is 0 Å². The van der Waals surface area contributed by atoms with Crippen LogP contribution in [-0.4, -0.2) is 52.9 Å². The summed E-state index contributed by atoms with van der Waals surface area (Å²) in [6.45, 7) is 4.00. The number of non-ortho nitro benzene ring substituents is 1. The van der Waals surface area contributed by atoms with Crippen molar-refractivity contribution in [3.63, 3.8) is 0 Å². The molecule has 0 radical (unpaired) electrons. The first-order valence-corrected chi connectivity index (χ1v) is 9.86.